The van der Waals surface area contributed by atoms with Gasteiger partial charge in [-0.1, -0.05) is 36.7 Å². The van der Waals surface area contributed by atoms with Crippen LogP contribution >= 0.6 is 15.9 Å². The molecule has 0 radical (unpaired) electrons. The first-order chi connectivity index (χ1) is 7.63. The van der Waals surface area contributed by atoms with E-state index in [1.165, 1.54) is 45.3 Å². The van der Waals surface area contributed by atoms with Crippen LogP contribution in [0.2, 0.25) is 0 Å². The lowest BCUT2D eigenvalue weighted by Crippen LogP contribution is -2.36. The zero-order valence-corrected chi connectivity index (χ0v) is 12.8. The molecule has 1 rings (SSSR count). The van der Waals surface area contributed by atoms with Crippen LogP contribution in [0.3, 0.4) is 0 Å². The Morgan fingerprint density at radius 2 is 1.75 bits per heavy atom. The van der Waals surface area contributed by atoms with Gasteiger partial charge in [0, 0.05) is 5.33 Å². The SMILES string of the molecule is CC(CCBr)CCN1CCC(C(C)C)CC1. The maximum absolute atomic E-state index is 3.53. The lowest BCUT2D eigenvalue weighted by atomic mass is 9.86. The molecule has 0 aromatic heterocycles. The lowest BCUT2D eigenvalue weighted by Gasteiger charge is -2.34. The van der Waals surface area contributed by atoms with Gasteiger partial charge in [0.1, 0.15) is 0 Å². The number of nitrogens with zero attached hydrogens (tertiary/aromatic N) is 1. The monoisotopic (exact) mass is 289 g/mol. The van der Waals surface area contributed by atoms with E-state index in [4.69, 9.17) is 0 Å². The zero-order chi connectivity index (χ0) is 12.0. The van der Waals surface area contributed by atoms with E-state index < -0.39 is 0 Å². The maximum Gasteiger partial charge on any atom is 0.00338 e. The fourth-order valence-electron chi connectivity index (χ4n) is 2.58. The third-order valence-corrected chi connectivity index (χ3v) is 4.57. The molecule has 1 aliphatic heterocycles. The van der Waals surface area contributed by atoms with Gasteiger partial charge in [-0.3, -0.25) is 0 Å². The summed E-state index contributed by atoms with van der Waals surface area (Å²) >= 11 is 3.53. The van der Waals surface area contributed by atoms with E-state index in [9.17, 15) is 0 Å². The van der Waals surface area contributed by atoms with E-state index in [0.717, 1.165) is 23.1 Å². The van der Waals surface area contributed by atoms with E-state index in [1.54, 1.807) is 0 Å². The Morgan fingerprint density at radius 3 is 2.25 bits per heavy atom. The molecule has 0 aromatic rings. The van der Waals surface area contributed by atoms with Gasteiger partial charge in [0.15, 0.2) is 0 Å². The summed E-state index contributed by atoms with van der Waals surface area (Å²) in [4.78, 5) is 2.67. The summed E-state index contributed by atoms with van der Waals surface area (Å²) in [6.07, 6.45) is 5.54. The standard InChI is InChI=1S/C14H28BrN/c1-12(2)14-6-10-16(11-7-14)9-5-13(3)4-8-15/h12-14H,4-11H2,1-3H3. The highest BCUT2D eigenvalue weighted by Crippen LogP contribution is 2.24. The van der Waals surface area contributed by atoms with E-state index in [2.05, 4.69) is 41.6 Å². The molecule has 0 bridgehead atoms. The van der Waals surface area contributed by atoms with Crippen molar-refractivity contribution in [3.05, 3.63) is 0 Å². The topological polar surface area (TPSA) is 3.24 Å². The molecule has 1 nitrogen and oxygen atoms in total. The fraction of sp³-hybridized carbons (Fsp3) is 1.00. The summed E-state index contributed by atoms with van der Waals surface area (Å²) in [7, 11) is 0. The van der Waals surface area contributed by atoms with Gasteiger partial charge < -0.3 is 4.90 Å². The number of halogens is 1. The van der Waals surface area contributed by atoms with Crippen LogP contribution in [0.4, 0.5) is 0 Å². The maximum atomic E-state index is 3.53. The van der Waals surface area contributed by atoms with Gasteiger partial charge in [0.05, 0.1) is 0 Å². The second kappa shape index (κ2) is 7.71. The summed E-state index contributed by atoms with van der Waals surface area (Å²) in [6.45, 7) is 11.1. The third kappa shape index (κ3) is 5.18. The molecule has 0 amide bonds. The molecule has 0 spiro atoms. The first-order valence-corrected chi connectivity index (χ1v) is 8.04. The molecule has 1 unspecified atom stereocenters. The predicted molar refractivity (Wildman–Crippen MR) is 76.2 cm³/mol. The summed E-state index contributed by atoms with van der Waals surface area (Å²) in [5, 5.41) is 1.16. The zero-order valence-electron chi connectivity index (χ0n) is 11.2. The van der Waals surface area contributed by atoms with Crippen molar-refractivity contribution in [1.29, 1.82) is 0 Å². The predicted octanol–water partition coefficient (Wildman–Crippen LogP) is 4.17. The number of hydrogen-bond donors (Lipinski definition) is 0. The smallest absolute Gasteiger partial charge is 0.00338 e. The van der Waals surface area contributed by atoms with Gasteiger partial charge in [0.25, 0.3) is 0 Å². The molecule has 1 aliphatic rings. The molecule has 96 valence electrons. The van der Waals surface area contributed by atoms with Crippen molar-refractivity contribution in [3.63, 3.8) is 0 Å². The average molecular weight is 290 g/mol. The molecule has 0 aliphatic carbocycles. The Balaban J connectivity index is 2.12. The van der Waals surface area contributed by atoms with E-state index in [-0.39, 0.29) is 0 Å². The van der Waals surface area contributed by atoms with Crippen LogP contribution in [-0.2, 0) is 0 Å². The number of rotatable bonds is 6. The van der Waals surface area contributed by atoms with Crippen LogP contribution in [-0.4, -0.2) is 29.9 Å². The molecule has 1 heterocycles. The molecule has 16 heavy (non-hydrogen) atoms. The highest BCUT2D eigenvalue weighted by Gasteiger charge is 2.21. The molecule has 0 aromatic carbocycles. The van der Waals surface area contributed by atoms with Crippen LogP contribution in [0, 0.1) is 17.8 Å². The first-order valence-electron chi connectivity index (χ1n) is 6.91. The molecule has 0 saturated carbocycles. The summed E-state index contributed by atoms with van der Waals surface area (Å²) < 4.78 is 0. The van der Waals surface area contributed by atoms with Crippen molar-refractivity contribution in [2.45, 2.75) is 46.5 Å². The number of piperidine rings is 1. The summed E-state index contributed by atoms with van der Waals surface area (Å²) in [5.74, 6) is 2.74. The summed E-state index contributed by atoms with van der Waals surface area (Å²) in [5.41, 5.74) is 0. The Hall–Kier alpha value is 0.440. The summed E-state index contributed by atoms with van der Waals surface area (Å²) in [6, 6.07) is 0. The van der Waals surface area contributed by atoms with Gasteiger partial charge >= 0.3 is 0 Å². The largest absolute Gasteiger partial charge is 0.303 e. The number of hydrogen-bond acceptors (Lipinski definition) is 1. The molecular formula is C14H28BrN. The van der Waals surface area contributed by atoms with E-state index >= 15 is 0 Å². The molecule has 2 heteroatoms. The van der Waals surface area contributed by atoms with Crippen LogP contribution in [0.1, 0.15) is 46.5 Å². The minimum Gasteiger partial charge on any atom is -0.303 e. The third-order valence-electron chi connectivity index (χ3n) is 4.12. The van der Waals surface area contributed by atoms with Gasteiger partial charge in [0.2, 0.25) is 0 Å². The minimum atomic E-state index is 0.877. The Labute approximate surface area is 110 Å². The van der Waals surface area contributed by atoms with Crippen LogP contribution in [0.25, 0.3) is 0 Å². The van der Waals surface area contributed by atoms with Crippen molar-refractivity contribution in [2.75, 3.05) is 25.0 Å². The van der Waals surface area contributed by atoms with Crippen LogP contribution < -0.4 is 0 Å². The van der Waals surface area contributed by atoms with Crippen molar-refractivity contribution in [1.82, 2.24) is 4.90 Å². The highest BCUT2D eigenvalue weighted by molar-refractivity contribution is 9.09. The number of alkyl halides is 1. The van der Waals surface area contributed by atoms with Crippen molar-refractivity contribution >= 4 is 15.9 Å². The van der Waals surface area contributed by atoms with Gasteiger partial charge in [-0.25, -0.2) is 0 Å². The molecule has 1 atom stereocenters. The Bertz CT molecular complexity index is 174. The van der Waals surface area contributed by atoms with Crippen LogP contribution in [0.5, 0.6) is 0 Å². The average Bonchev–Trinajstić information content (AvgIpc) is 2.27. The molecule has 0 N–H and O–H groups in total. The second-order valence-corrected chi connectivity index (χ2v) is 6.59. The first kappa shape index (κ1) is 14.5. The van der Waals surface area contributed by atoms with Gasteiger partial charge in [-0.15, -0.1) is 0 Å². The molecule has 1 saturated heterocycles. The minimum absolute atomic E-state index is 0.877. The van der Waals surface area contributed by atoms with Crippen molar-refractivity contribution in [2.24, 2.45) is 17.8 Å². The second-order valence-electron chi connectivity index (χ2n) is 5.79. The van der Waals surface area contributed by atoms with E-state index in [0.29, 0.717) is 0 Å². The van der Waals surface area contributed by atoms with E-state index in [1.807, 2.05) is 0 Å². The lowest BCUT2D eigenvalue weighted by molar-refractivity contribution is 0.151. The van der Waals surface area contributed by atoms with Crippen molar-refractivity contribution < 1.29 is 0 Å². The Morgan fingerprint density at radius 1 is 1.12 bits per heavy atom. The quantitative estimate of drug-likeness (QED) is 0.664. The Kier molecular flexibility index (Phi) is 6.98. The van der Waals surface area contributed by atoms with Gasteiger partial charge in [-0.2, -0.15) is 0 Å². The fourth-order valence-corrected chi connectivity index (χ4v) is 3.36. The molecular weight excluding hydrogens is 262 g/mol. The van der Waals surface area contributed by atoms with Gasteiger partial charge in [-0.05, 0) is 63.1 Å². The van der Waals surface area contributed by atoms with Crippen LogP contribution in [0.15, 0.2) is 0 Å². The molecule has 1 fully saturated rings. The normalized spacial score (nSPS) is 21.6. The highest BCUT2D eigenvalue weighted by atomic mass is 79.9. The van der Waals surface area contributed by atoms with Crippen molar-refractivity contribution in [3.8, 4) is 0 Å². The number of likely N-dealkylation sites (tertiary alicyclic amines) is 1.